The van der Waals surface area contributed by atoms with E-state index in [1.54, 1.807) is 0 Å². The lowest BCUT2D eigenvalue weighted by Crippen LogP contribution is -2.17. The molecule has 0 atom stereocenters. The van der Waals surface area contributed by atoms with Gasteiger partial charge in [0.25, 0.3) is 0 Å². The van der Waals surface area contributed by atoms with Crippen molar-refractivity contribution in [1.82, 2.24) is 9.97 Å². The molecule has 0 bridgehead atoms. The van der Waals surface area contributed by atoms with Crippen LogP contribution in [-0.2, 0) is 0 Å². The van der Waals surface area contributed by atoms with Crippen LogP contribution < -0.4 is 10.6 Å². The summed E-state index contributed by atoms with van der Waals surface area (Å²) in [6.07, 6.45) is 7.62. The second kappa shape index (κ2) is 4.93. The second-order valence-electron chi connectivity index (χ2n) is 5.96. The van der Waals surface area contributed by atoms with Crippen molar-refractivity contribution in [2.75, 3.05) is 10.6 Å². The number of nitrogens with one attached hydrogen (secondary N) is 2. The minimum absolute atomic E-state index is 0.546. The van der Waals surface area contributed by atoms with Gasteiger partial charge in [0.2, 0.25) is 5.95 Å². The number of fused-ring (bicyclic) bond motifs is 1. The summed E-state index contributed by atoms with van der Waals surface area (Å²) >= 11 is 0. The largest absolute Gasteiger partial charge is 0.367 e. The summed E-state index contributed by atoms with van der Waals surface area (Å²) in [4.78, 5) is 9.38. The molecule has 1 aromatic heterocycles. The van der Waals surface area contributed by atoms with Gasteiger partial charge in [0.1, 0.15) is 5.82 Å². The molecule has 4 nitrogen and oxygen atoms in total. The molecule has 0 spiro atoms. The Balaban J connectivity index is 1.68. The highest BCUT2D eigenvalue weighted by Gasteiger charge is 2.23. The summed E-state index contributed by atoms with van der Waals surface area (Å²) in [5, 5.41) is 8.16. The topological polar surface area (TPSA) is 49.8 Å². The van der Waals surface area contributed by atoms with Crippen LogP contribution >= 0.6 is 0 Å². The van der Waals surface area contributed by atoms with E-state index >= 15 is 0 Å². The van der Waals surface area contributed by atoms with Crippen LogP contribution in [0.5, 0.6) is 0 Å². The lowest BCUT2D eigenvalue weighted by atomic mass is 10.2. The van der Waals surface area contributed by atoms with Gasteiger partial charge in [-0.2, -0.15) is 4.98 Å². The predicted octanol–water partition coefficient (Wildman–Crippen LogP) is 3.56. The van der Waals surface area contributed by atoms with Gasteiger partial charge in [0.15, 0.2) is 0 Å². The zero-order valence-electron chi connectivity index (χ0n) is 11.6. The molecule has 2 aromatic rings. The molecule has 0 saturated heterocycles. The van der Waals surface area contributed by atoms with E-state index in [9.17, 15) is 0 Å². The summed E-state index contributed by atoms with van der Waals surface area (Å²) in [6.45, 7) is 0. The summed E-state index contributed by atoms with van der Waals surface area (Å²) < 4.78 is 0. The van der Waals surface area contributed by atoms with Gasteiger partial charge in [-0.25, -0.2) is 4.98 Å². The lowest BCUT2D eigenvalue weighted by Gasteiger charge is -2.14. The fraction of sp³-hybridized carbons (Fsp3) is 0.500. The van der Waals surface area contributed by atoms with E-state index in [4.69, 9.17) is 4.98 Å². The molecule has 1 heterocycles. The van der Waals surface area contributed by atoms with E-state index in [0.29, 0.717) is 12.1 Å². The second-order valence-corrected chi connectivity index (χ2v) is 5.96. The van der Waals surface area contributed by atoms with Crippen molar-refractivity contribution in [3.63, 3.8) is 0 Å². The molecular weight excluding hydrogens is 248 g/mol. The van der Waals surface area contributed by atoms with Crippen LogP contribution in [-0.4, -0.2) is 22.1 Å². The van der Waals surface area contributed by atoms with Gasteiger partial charge in [-0.1, -0.05) is 25.0 Å². The Bertz CT molecular complexity index is 615. The molecule has 2 N–H and O–H groups in total. The number of aromatic nitrogens is 2. The monoisotopic (exact) mass is 268 g/mol. The average Bonchev–Trinajstić information content (AvgIpc) is 3.13. The molecule has 20 heavy (non-hydrogen) atoms. The summed E-state index contributed by atoms with van der Waals surface area (Å²) in [5.41, 5.74) is 1.02. The van der Waals surface area contributed by atoms with Gasteiger partial charge >= 0.3 is 0 Å². The maximum atomic E-state index is 4.71. The third-order valence-corrected chi connectivity index (χ3v) is 4.21. The van der Waals surface area contributed by atoms with Crippen molar-refractivity contribution in [3.05, 3.63) is 24.3 Å². The highest BCUT2D eigenvalue weighted by molar-refractivity contribution is 5.90. The zero-order chi connectivity index (χ0) is 13.4. The number of benzene rings is 1. The predicted molar refractivity (Wildman–Crippen MR) is 82.1 cm³/mol. The molecule has 2 aliphatic rings. The number of hydrogen-bond donors (Lipinski definition) is 2. The Morgan fingerprint density at radius 3 is 2.40 bits per heavy atom. The maximum absolute atomic E-state index is 4.71. The van der Waals surface area contributed by atoms with Crippen molar-refractivity contribution >= 4 is 22.7 Å². The van der Waals surface area contributed by atoms with E-state index in [2.05, 4.69) is 27.8 Å². The molecule has 1 aromatic carbocycles. The fourth-order valence-corrected chi connectivity index (χ4v) is 2.92. The standard InChI is InChI=1S/C16H20N4/c1-2-6-11(5-1)18-16-19-14-8-4-3-7-13(14)15(20-16)17-12-9-10-12/h3-4,7-8,11-12H,1-2,5-6,9-10H2,(H2,17,18,19,20). The summed E-state index contributed by atoms with van der Waals surface area (Å²) in [6, 6.07) is 9.40. The first-order chi connectivity index (χ1) is 9.88. The molecule has 2 fully saturated rings. The maximum Gasteiger partial charge on any atom is 0.225 e. The van der Waals surface area contributed by atoms with Crippen molar-refractivity contribution in [3.8, 4) is 0 Å². The average molecular weight is 268 g/mol. The van der Waals surface area contributed by atoms with Gasteiger partial charge in [-0.15, -0.1) is 0 Å². The number of rotatable bonds is 4. The molecular formula is C16H20N4. The molecule has 2 aliphatic carbocycles. The van der Waals surface area contributed by atoms with E-state index in [1.165, 1.54) is 38.5 Å². The van der Waals surface area contributed by atoms with Gasteiger partial charge in [-0.3, -0.25) is 0 Å². The summed E-state index contributed by atoms with van der Waals surface area (Å²) in [5.74, 6) is 1.76. The molecule has 0 aliphatic heterocycles. The Hall–Kier alpha value is -1.84. The third-order valence-electron chi connectivity index (χ3n) is 4.21. The number of anilines is 2. The molecule has 4 rings (SSSR count). The van der Waals surface area contributed by atoms with Crippen LogP contribution in [0.3, 0.4) is 0 Å². The van der Waals surface area contributed by atoms with Crippen LogP contribution in [0.2, 0.25) is 0 Å². The smallest absolute Gasteiger partial charge is 0.225 e. The first kappa shape index (κ1) is 11.9. The Labute approximate surface area is 119 Å². The minimum atomic E-state index is 0.546. The molecule has 0 amide bonds. The Morgan fingerprint density at radius 1 is 0.850 bits per heavy atom. The van der Waals surface area contributed by atoms with Crippen LogP contribution in [0.15, 0.2) is 24.3 Å². The number of hydrogen-bond acceptors (Lipinski definition) is 4. The molecule has 2 saturated carbocycles. The highest BCUT2D eigenvalue weighted by atomic mass is 15.2. The number of nitrogens with zero attached hydrogens (tertiary/aromatic N) is 2. The van der Waals surface area contributed by atoms with Crippen LogP contribution in [0.25, 0.3) is 10.9 Å². The molecule has 0 radical (unpaired) electrons. The first-order valence-electron chi connectivity index (χ1n) is 7.68. The SMILES string of the molecule is c1ccc2c(NC3CC3)nc(NC3CCCC3)nc2c1. The van der Waals surface area contributed by atoms with Crippen molar-refractivity contribution in [2.24, 2.45) is 0 Å². The quantitative estimate of drug-likeness (QED) is 0.890. The van der Waals surface area contributed by atoms with E-state index in [0.717, 1.165) is 22.7 Å². The number of para-hydroxylation sites is 1. The Morgan fingerprint density at radius 2 is 1.60 bits per heavy atom. The van der Waals surface area contributed by atoms with E-state index < -0.39 is 0 Å². The Kier molecular flexibility index (Phi) is 2.94. The first-order valence-corrected chi connectivity index (χ1v) is 7.68. The van der Waals surface area contributed by atoms with Gasteiger partial charge < -0.3 is 10.6 Å². The van der Waals surface area contributed by atoms with Gasteiger partial charge in [0.05, 0.1) is 5.52 Å². The minimum Gasteiger partial charge on any atom is -0.367 e. The van der Waals surface area contributed by atoms with Crippen LogP contribution in [0, 0.1) is 0 Å². The molecule has 0 unspecified atom stereocenters. The fourth-order valence-electron chi connectivity index (χ4n) is 2.92. The highest BCUT2D eigenvalue weighted by Crippen LogP contribution is 2.29. The van der Waals surface area contributed by atoms with Crippen LogP contribution in [0.4, 0.5) is 11.8 Å². The third kappa shape index (κ3) is 2.42. The normalized spacial score (nSPS) is 19.4. The van der Waals surface area contributed by atoms with Gasteiger partial charge in [-0.05, 0) is 37.8 Å². The van der Waals surface area contributed by atoms with E-state index in [1.807, 2.05) is 12.1 Å². The molecule has 104 valence electrons. The van der Waals surface area contributed by atoms with Crippen molar-refractivity contribution in [2.45, 2.75) is 50.6 Å². The van der Waals surface area contributed by atoms with Crippen molar-refractivity contribution < 1.29 is 0 Å². The molecule has 4 heteroatoms. The lowest BCUT2D eigenvalue weighted by molar-refractivity contribution is 0.745. The van der Waals surface area contributed by atoms with Crippen molar-refractivity contribution in [1.29, 1.82) is 0 Å². The van der Waals surface area contributed by atoms with E-state index in [-0.39, 0.29) is 0 Å². The van der Waals surface area contributed by atoms with Gasteiger partial charge in [0, 0.05) is 17.5 Å². The summed E-state index contributed by atoms with van der Waals surface area (Å²) in [7, 11) is 0. The zero-order valence-corrected chi connectivity index (χ0v) is 11.6. The van der Waals surface area contributed by atoms with Crippen LogP contribution in [0.1, 0.15) is 38.5 Å².